The van der Waals surface area contributed by atoms with Gasteiger partial charge in [0.25, 0.3) is 0 Å². The number of hydrogen-bond acceptors (Lipinski definition) is 2. The number of alkyl halides is 3. The number of rotatable bonds is 8. The molecule has 2 aromatic rings. The lowest BCUT2D eigenvalue weighted by atomic mass is 10.1. The highest BCUT2D eigenvalue weighted by Crippen LogP contribution is 2.19. The summed E-state index contributed by atoms with van der Waals surface area (Å²) in [5.74, 6) is 0.309. The van der Waals surface area contributed by atoms with Gasteiger partial charge in [0.1, 0.15) is 5.82 Å². The van der Waals surface area contributed by atoms with E-state index in [2.05, 4.69) is 20.6 Å². The fraction of sp³-hybridized carbons (Fsp3) is 0.500. The number of guanidine groups is 1. The average molecular weight is 515 g/mol. The summed E-state index contributed by atoms with van der Waals surface area (Å²) < 4.78 is 50.2. The molecule has 0 aliphatic rings. The van der Waals surface area contributed by atoms with Crippen LogP contribution in [0.1, 0.15) is 12.0 Å². The summed E-state index contributed by atoms with van der Waals surface area (Å²) >= 11 is 0. The van der Waals surface area contributed by atoms with Crippen molar-refractivity contribution >= 4 is 40.8 Å². The van der Waals surface area contributed by atoms with Gasteiger partial charge in [0.2, 0.25) is 0 Å². The number of aromatic amines is 1. The van der Waals surface area contributed by atoms with Gasteiger partial charge in [-0.05, 0) is 50.2 Å². The minimum absolute atomic E-state index is 0. The number of hydrogen-bond donors (Lipinski definition) is 3. The molecule has 1 aromatic carbocycles. The molecule has 5 nitrogen and oxygen atoms in total. The van der Waals surface area contributed by atoms with E-state index in [0.29, 0.717) is 38.4 Å². The second-order valence-electron chi connectivity index (χ2n) is 6.39. The summed E-state index contributed by atoms with van der Waals surface area (Å²) in [6, 6.07) is 4.63. The molecule has 2 rings (SSSR count). The van der Waals surface area contributed by atoms with Crippen LogP contribution in [0.4, 0.5) is 17.6 Å². The maximum absolute atomic E-state index is 13.4. The molecule has 0 saturated heterocycles. The highest BCUT2D eigenvalue weighted by Gasteiger charge is 2.28. The summed E-state index contributed by atoms with van der Waals surface area (Å²) in [6.07, 6.45) is -1.07. The highest BCUT2D eigenvalue weighted by molar-refractivity contribution is 14.0. The first kappa shape index (κ1) is 24.5. The number of halogens is 5. The number of aliphatic imine (C=N–C) groups is 1. The van der Waals surface area contributed by atoms with Gasteiger partial charge in [0.15, 0.2) is 5.96 Å². The van der Waals surface area contributed by atoms with Gasteiger partial charge in [0.05, 0.1) is 6.54 Å². The molecule has 0 atom stereocenters. The van der Waals surface area contributed by atoms with E-state index < -0.39 is 12.7 Å². The van der Waals surface area contributed by atoms with E-state index in [1.54, 1.807) is 13.1 Å². The molecule has 0 bridgehead atoms. The lowest BCUT2D eigenvalue weighted by molar-refractivity contribution is -0.143. The number of nitrogens with zero attached hydrogens (tertiary/aromatic N) is 2. The van der Waals surface area contributed by atoms with Crippen molar-refractivity contribution in [2.45, 2.75) is 19.0 Å². The Morgan fingerprint density at radius 1 is 1.21 bits per heavy atom. The van der Waals surface area contributed by atoms with Gasteiger partial charge in [-0.1, -0.05) is 0 Å². The van der Waals surface area contributed by atoms with Crippen molar-refractivity contribution in [1.82, 2.24) is 20.5 Å². The third kappa shape index (κ3) is 8.21. The van der Waals surface area contributed by atoms with E-state index in [4.69, 9.17) is 0 Å². The number of aromatic nitrogens is 1. The zero-order chi connectivity index (χ0) is 19.9. The van der Waals surface area contributed by atoms with Crippen molar-refractivity contribution in [1.29, 1.82) is 0 Å². The second-order valence-corrected chi connectivity index (χ2v) is 6.39. The molecule has 0 fully saturated rings. The first-order valence-electron chi connectivity index (χ1n) is 8.74. The standard InChI is InChI=1S/C18H25F4N5.HI/c1-23-17(24-7-3-9-27(2)12-18(20,21)22)25-8-6-13-11-26-16-5-4-14(19)10-15(13)16;/h4-5,10-11,26H,3,6-9,12H2,1-2H3,(H2,23,24,25);1H. The Balaban J connectivity index is 0.00000392. The molecular weight excluding hydrogens is 489 g/mol. The van der Waals surface area contributed by atoms with Crippen LogP contribution in [0.5, 0.6) is 0 Å². The van der Waals surface area contributed by atoms with E-state index in [0.717, 1.165) is 16.5 Å². The second kappa shape index (κ2) is 11.4. The maximum Gasteiger partial charge on any atom is 0.401 e. The molecule has 1 aromatic heterocycles. The van der Waals surface area contributed by atoms with Gasteiger partial charge in [-0.3, -0.25) is 9.89 Å². The molecule has 0 spiro atoms. The number of benzene rings is 1. The molecule has 28 heavy (non-hydrogen) atoms. The molecule has 3 N–H and O–H groups in total. The SMILES string of the molecule is CN=C(NCCCN(C)CC(F)(F)F)NCCc1c[nH]c2ccc(F)cc12.I. The monoisotopic (exact) mass is 515 g/mol. The molecule has 0 amide bonds. The highest BCUT2D eigenvalue weighted by atomic mass is 127. The molecule has 0 unspecified atom stereocenters. The van der Waals surface area contributed by atoms with Gasteiger partial charge in [0, 0.05) is 37.2 Å². The maximum atomic E-state index is 13.4. The first-order valence-corrected chi connectivity index (χ1v) is 8.74. The van der Waals surface area contributed by atoms with Gasteiger partial charge < -0.3 is 15.6 Å². The first-order chi connectivity index (χ1) is 12.8. The summed E-state index contributed by atoms with van der Waals surface area (Å²) in [6.45, 7) is 0.535. The van der Waals surface area contributed by atoms with Gasteiger partial charge >= 0.3 is 6.18 Å². The molecule has 10 heteroatoms. The summed E-state index contributed by atoms with van der Waals surface area (Å²) in [5.41, 5.74) is 1.89. The van der Waals surface area contributed by atoms with Crippen LogP contribution in [0.2, 0.25) is 0 Å². The normalized spacial score (nSPS) is 12.3. The van der Waals surface area contributed by atoms with Crippen molar-refractivity contribution in [2.24, 2.45) is 4.99 Å². The Bertz CT molecular complexity index is 760. The lowest BCUT2D eigenvalue weighted by Gasteiger charge is -2.18. The van der Waals surface area contributed by atoms with Crippen molar-refractivity contribution in [3.8, 4) is 0 Å². The van der Waals surface area contributed by atoms with Gasteiger partial charge in [-0.2, -0.15) is 13.2 Å². The fourth-order valence-electron chi connectivity index (χ4n) is 2.83. The van der Waals surface area contributed by atoms with Crippen LogP contribution in [0, 0.1) is 5.82 Å². The Kier molecular flexibility index (Phi) is 10.0. The Morgan fingerprint density at radius 3 is 2.61 bits per heavy atom. The van der Waals surface area contributed by atoms with Gasteiger partial charge in [-0.15, -0.1) is 24.0 Å². The van der Waals surface area contributed by atoms with Crippen molar-refractivity contribution in [3.63, 3.8) is 0 Å². The molecule has 0 aliphatic carbocycles. The number of nitrogens with one attached hydrogen (secondary N) is 3. The summed E-state index contributed by atoms with van der Waals surface area (Å²) in [4.78, 5) is 8.45. The number of H-pyrrole nitrogens is 1. The molecule has 0 radical (unpaired) electrons. The third-order valence-corrected chi connectivity index (χ3v) is 4.10. The van der Waals surface area contributed by atoms with Gasteiger partial charge in [-0.25, -0.2) is 4.39 Å². The van der Waals surface area contributed by atoms with Crippen LogP contribution in [0.3, 0.4) is 0 Å². The molecular formula is C18H26F4IN5. The largest absolute Gasteiger partial charge is 0.401 e. The number of fused-ring (bicyclic) bond motifs is 1. The third-order valence-electron chi connectivity index (χ3n) is 4.10. The zero-order valence-electron chi connectivity index (χ0n) is 15.9. The molecule has 158 valence electrons. The topological polar surface area (TPSA) is 55.5 Å². The van der Waals surface area contributed by atoms with Crippen LogP contribution in [-0.2, 0) is 6.42 Å². The lowest BCUT2D eigenvalue weighted by Crippen LogP contribution is -2.40. The van der Waals surface area contributed by atoms with Crippen LogP contribution in [0.25, 0.3) is 10.9 Å². The Morgan fingerprint density at radius 2 is 1.93 bits per heavy atom. The van der Waals surface area contributed by atoms with Crippen LogP contribution in [0.15, 0.2) is 29.4 Å². The van der Waals surface area contributed by atoms with Crippen molar-refractivity contribution in [2.75, 3.05) is 40.3 Å². The Labute approximate surface area is 179 Å². The van der Waals surface area contributed by atoms with Crippen molar-refractivity contribution in [3.05, 3.63) is 35.8 Å². The minimum atomic E-state index is -4.18. The minimum Gasteiger partial charge on any atom is -0.361 e. The van der Waals surface area contributed by atoms with E-state index in [-0.39, 0.29) is 29.8 Å². The summed E-state index contributed by atoms with van der Waals surface area (Å²) in [7, 11) is 3.08. The van der Waals surface area contributed by atoms with E-state index >= 15 is 0 Å². The van der Waals surface area contributed by atoms with E-state index in [9.17, 15) is 17.6 Å². The zero-order valence-corrected chi connectivity index (χ0v) is 18.2. The van der Waals surface area contributed by atoms with Crippen LogP contribution < -0.4 is 10.6 Å². The average Bonchev–Trinajstić information content (AvgIpc) is 2.97. The molecule has 1 heterocycles. The van der Waals surface area contributed by atoms with Crippen molar-refractivity contribution < 1.29 is 17.6 Å². The quantitative estimate of drug-likeness (QED) is 0.166. The predicted octanol–water partition coefficient (Wildman–Crippen LogP) is 3.52. The Hall–Kier alpha value is -1.56. The van der Waals surface area contributed by atoms with Crippen LogP contribution in [-0.4, -0.2) is 62.3 Å². The molecule has 0 aliphatic heterocycles. The molecule has 0 saturated carbocycles. The van der Waals surface area contributed by atoms with Crippen LogP contribution >= 0.6 is 24.0 Å². The smallest absolute Gasteiger partial charge is 0.361 e. The van der Waals surface area contributed by atoms with E-state index in [1.165, 1.54) is 24.1 Å². The van der Waals surface area contributed by atoms with E-state index in [1.807, 2.05) is 6.20 Å². The predicted molar refractivity (Wildman–Crippen MR) is 115 cm³/mol. The fourth-order valence-corrected chi connectivity index (χ4v) is 2.83. The summed E-state index contributed by atoms with van der Waals surface area (Å²) in [5, 5.41) is 7.08.